The van der Waals surface area contributed by atoms with Gasteiger partial charge in [0.25, 0.3) is 0 Å². The molecule has 0 aliphatic heterocycles. The molecule has 2 aromatic carbocycles. The van der Waals surface area contributed by atoms with Crippen LogP contribution in [-0.4, -0.2) is 13.2 Å². The van der Waals surface area contributed by atoms with Gasteiger partial charge in [0.15, 0.2) is 0 Å². The quantitative estimate of drug-likeness (QED) is 0.611. The van der Waals surface area contributed by atoms with Crippen molar-refractivity contribution in [1.82, 2.24) is 0 Å². The molecule has 0 saturated heterocycles. The first-order chi connectivity index (χ1) is 9.36. The molecule has 2 aromatic rings. The minimum atomic E-state index is 0.614. The molecule has 0 saturated carbocycles. The summed E-state index contributed by atoms with van der Waals surface area (Å²) < 4.78 is 11.2. The van der Waals surface area contributed by atoms with Crippen LogP contribution in [0, 0.1) is 0 Å². The molecule has 0 bridgehead atoms. The summed E-state index contributed by atoms with van der Waals surface area (Å²) in [7, 11) is 0. The molecule has 0 aliphatic carbocycles. The Morgan fingerprint density at radius 3 is 2.37 bits per heavy atom. The predicted molar refractivity (Wildman–Crippen MR) is 77.1 cm³/mol. The summed E-state index contributed by atoms with van der Waals surface area (Å²) in [5.41, 5.74) is 7.65. The maximum Gasteiger partial charge on any atom is 0.142 e. The van der Waals surface area contributed by atoms with E-state index in [0.717, 1.165) is 12.2 Å². The second-order valence-corrected chi connectivity index (χ2v) is 4.28. The average Bonchev–Trinajstić information content (AvgIpc) is 2.45. The number of benzene rings is 2. The van der Waals surface area contributed by atoms with E-state index in [1.165, 1.54) is 5.56 Å². The first kappa shape index (κ1) is 13.4. The van der Waals surface area contributed by atoms with Crippen molar-refractivity contribution in [1.29, 1.82) is 0 Å². The van der Waals surface area contributed by atoms with Crippen LogP contribution < -0.4 is 10.5 Å². The minimum absolute atomic E-state index is 0.614. The van der Waals surface area contributed by atoms with Gasteiger partial charge in [-0.3, -0.25) is 0 Å². The molecular weight excluding hydrogens is 238 g/mol. The molecule has 3 nitrogen and oxygen atoms in total. The van der Waals surface area contributed by atoms with E-state index in [2.05, 4.69) is 12.1 Å². The Kier molecular flexibility index (Phi) is 5.26. The molecule has 0 unspecified atom stereocenters. The van der Waals surface area contributed by atoms with E-state index in [1.807, 2.05) is 42.5 Å². The topological polar surface area (TPSA) is 44.5 Å². The smallest absolute Gasteiger partial charge is 0.142 e. The highest BCUT2D eigenvalue weighted by molar-refractivity contribution is 5.51. The Hall–Kier alpha value is -2.00. The van der Waals surface area contributed by atoms with Crippen molar-refractivity contribution >= 4 is 5.69 Å². The molecule has 0 spiro atoms. The van der Waals surface area contributed by atoms with E-state index < -0.39 is 0 Å². The molecule has 0 radical (unpaired) electrons. The van der Waals surface area contributed by atoms with Gasteiger partial charge in [0, 0.05) is 6.42 Å². The van der Waals surface area contributed by atoms with Gasteiger partial charge in [-0.1, -0.05) is 42.5 Å². The molecule has 0 aromatic heterocycles. The monoisotopic (exact) mass is 257 g/mol. The second-order valence-electron chi connectivity index (χ2n) is 4.28. The second kappa shape index (κ2) is 7.44. The molecule has 0 fully saturated rings. The first-order valence-corrected chi connectivity index (χ1v) is 6.45. The molecule has 0 aliphatic rings. The number of hydrogen-bond donors (Lipinski definition) is 1. The van der Waals surface area contributed by atoms with Crippen LogP contribution in [0.2, 0.25) is 0 Å². The number of anilines is 1. The van der Waals surface area contributed by atoms with Crippen LogP contribution in [0.1, 0.15) is 12.0 Å². The number of para-hydroxylation sites is 2. The number of rotatable bonds is 7. The summed E-state index contributed by atoms with van der Waals surface area (Å²) >= 11 is 0. The molecule has 19 heavy (non-hydrogen) atoms. The summed E-state index contributed by atoms with van der Waals surface area (Å²) in [5.74, 6) is 0.741. The van der Waals surface area contributed by atoms with Crippen molar-refractivity contribution in [3.8, 4) is 5.75 Å². The van der Waals surface area contributed by atoms with Crippen molar-refractivity contribution in [3.05, 3.63) is 60.2 Å². The molecule has 2 N–H and O–H groups in total. The molecule has 0 heterocycles. The SMILES string of the molecule is Nc1ccccc1OCCCOCc1ccccc1. The molecule has 0 atom stereocenters. The number of hydrogen-bond acceptors (Lipinski definition) is 3. The zero-order valence-corrected chi connectivity index (χ0v) is 10.9. The molecule has 2 rings (SSSR count). The van der Waals surface area contributed by atoms with Gasteiger partial charge in [0.2, 0.25) is 0 Å². The van der Waals surface area contributed by atoms with Gasteiger partial charge in [0.1, 0.15) is 5.75 Å². The summed E-state index contributed by atoms with van der Waals surface area (Å²) in [4.78, 5) is 0. The van der Waals surface area contributed by atoms with Crippen molar-refractivity contribution in [2.75, 3.05) is 18.9 Å². The van der Waals surface area contributed by atoms with Crippen LogP contribution in [0.5, 0.6) is 5.75 Å². The molecule has 0 amide bonds. The van der Waals surface area contributed by atoms with E-state index in [4.69, 9.17) is 15.2 Å². The summed E-state index contributed by atoms with van der Waals surface area (Å²) in [6, 6.07) is 17.7. The first-order valence-electron chi connectivity index (χ1n) is 6.45. The summed E-state index contributed by atoms with van der Waals surface area (Å²) in [6.07, 6.45) is 0.848. The van der Waals surface area contributed by atoms with Crippen molar-refractivity contribution in [3.63, 3.8) is 0 Å². The van der Waals surface area contributed by atoms with Crippen LogP contribution in [0.15, 0.2) is 54.6 Å². The van der Waals surface area contributed by atoms with Crippen molar-refractivity contribution < 1.29 is 9.47 Å². The standard InChI is InChI=1S/C16H19NO2/c17-15-9-4-5-10-16(15)19-12-6-11-18-13-14-7-2-1-3-8-14/h1-5,7-10H,6,11-13,17H2. The van der Waals surface area contributed by atoms with Gasteiger partial charge >= 0.3 is 0 Å². The van der Waals surface area contributed by atoms with Crippen LogP contribution in [-0.2, 0) is 11.3 Å². The van der Waals surface area contributed by atoms with E-state index in [-0.39, 0.29) is 0 Å². The van der Waals surface area contributed by atoms with Crippen LogP contribution >= 0.6 is 0 Å². The molecule has 3 heteroatoms. The lowest BCUT2D eigenvalue weighted by Crippen LogP contribution is -2.04. The Morgan fingerprint density at radius 2 is 1.58 bits per heavy atom. The fourth-order valence-corrected chi connectivity index (χ4v) is 1.72. The third-order valence-corrected chi connectivity index (χ3v) is 2.72. The van der Waals surface area contributed by atoms with Gasteiger partial charge in [-0.05, 0) is 17.7 Å². The zero-order valence-electron chi connectivity index (χ0n) is 10.9. The van der Waals surface area contributed by atoms with Gasteiger partial charge < -0.3 is 15.2 Å². The van der Waals surface area contributed by atoms with Crippen LogP contribution in [0.4, 0.5) is 5.69 Å². The largest absolute Gasteiger partial charge is 0.491 e. The average molecular weight is 257 g/mol. The third kappa shape index (κ3) is 4.64. The maximum absolute atomic E-state index is 5.78. The van der Waals surface area contributed by atoms with Crippen LogP contribution in [0.3, 0.4) is 0 Å². The fourth-order valence-electron chi connectivity index (χ4n) is 1.72. The molecule has 100 valence electrons. The lowest BCUT2D eigenvalue weighted by molar-refractivity contribution is 0.107. The van der Waals surface area contributed by atoms with Gasteiger partial charge in [0.05, 0.1) is 25.5 Å². The summed E-state index contributed by atoms with van der Waals surface area (Å²) in [5, 5.41) is 0. The Balaban J connectivity index is 1.59. The lowest BCUT2D eigenvalue weighted by atomic mass is 10.2. The number of nitrogens with two attached hydrogens (primary N) is 1. The number of ether oxygens (including phenoxy) is 2. The van der Waals surface area contributed by atoms with E-state index in [9.17, 15) is 0 Å². The normalized spacial score (nSPS) is 10.3. The fraction of sp³-hybridized carbons (Fsp3) is 0.250. The van der Waals surface area contributed by atoms with E-state index in [1.54, 1.807) is 0 Å². The number of nitrogen functional groups attached to an aromatic ring is 1. The minimum Gasteiger partial charge on any atom is -0.491 e. The van der Waals surface area contributed by atoms with Gasteiger partial charge in [-0.25, -0.2) is 0 Å². The van der Waals surface area contributed by atoms with Crippen molar-refractivity contribution in [2.45, 2.75) is 13.0 Å². The highest BCUT2D eigenvalue weighted by atomic mass is 16.5. The van der Waals surface area contributed by atoms with Crippen LogP contribution in [0.25, 0.3) is 0 Å². The van der Waals surface area contributed by atoms with Gasteiger partial charge in [-0.15, -0.1) is 0 Å². The molecular formula is C16H19NO2. The highest BCUT2D eigenvalue weighted by Gasteiger charge is 1.98. The summed E-state index contributed by atoms with van der Waals surface area (Å²) in [6.45, 7) is 1.94. The Bertz CT molecular complexity index is 485. The lowest BCUT2D eigenvalue weighted by Gasteiger charge is -2.08. The van der Waals surface area contributed by atoms with Crippen molar-refractivity contribution in [2.24, 2.45) is 0 Å². The Labute approximate surface area is 114 Å². The van der Waals surface area contributed by atoms with E-state index >= 15 is 0 Å². The maximum atomic E-state index is 5.78. The Morgan fingerprint density at radius 1 is 0.842 bits per heavy atom. The van der Waals surface area contributed by atoms with E-state index in [0.29, 0.717) is 25.5 Å². The predicted octanol–water partition coefficient (Wildman–Crippen LogP) is 3.25. The highest BCUT2D eigenvalue weighted by Crippen LogP contribution is 2.19. The van der Waals surface area contributed by atoms with Gasteiger partial charge in [-0.2, -0.15) is 0 Å². The zero-order chi connectivity index (χ0) is 13.3. The third-order valence-electron chi connectivity index (χ3n) is 2.72.